The van der Waals surface area contributed by atoms with Crippen LogP contribution in [0.15, 0.2) is 39.8 Å². The molecule has 1 heterocycles. The summed E-state index contributed by atoms with van der Waals surface area (Å²) >= 11 is 0. The van der Waals surface area contributed by atoms with Crippen molar-refractivity contribution in [1.29, 1.82) is 5.41 Å². The Hall–Kier alpha value is -2.26. The number of aryl methyl sites for hydroxylation is 2. The molecule has 1 aromatic heterocycles. The molecule has 0 bridgehead atoms. The van der Waals surface area contributed by atoms with E-state index in [1.165, 1.54) is 5.56 Å². The van der Waals surface area contributed by atoms with Crippen LogP contribution in [0.2, 0.25) is 0 Å². The number of rotatable bonds is 4. The van der Waals surface area contributed by atoms with Crippen molar-refractivity contribution in [2.24, 2.45) is 4.99 Å². The van der Waals surface area contributed by atoms with Crippen LogP contribution >= 0.6 is 0 Å². The molecule has 0 aliphatic rings. The van der Waals surface area contributed by atoms with E-state index in [9.17, 15) is 0 Å². The van der Waals surface area contributed by atoms with Crippen molar-refractivity contribution in [3.63, 3.8) is 0 Å². The number of nitrogens with one attached hydrogen (secondary N) is 1. The van der Waals surface area contributed by atoms with Gasteiger partial charge in [-0.05, 0) is 10.2 Å². The minimum atomic E-state index is 0.341. The maximum Gasteiger partial charge on any atom is 0.333 e. The van der Waals surface area contributed by atoms with Crippen LogP contribution in [0.1, 0.15) is 11.3 Å². The van der Waals surface area contributed by atoms with Crippen LogP contribution in [0.4, 0.5) is 5.88 Å². The first-order valence-corrected chi connectivity index (χ1v) is 5.34. The Labute approximate surface area is 98.9 Å². The highest BCUT2D eigenvalue weighted by molar-refractivity contribution is 5.44. The van der Waals surface area contributed by atoms with Crippen molar-refractivity contribution in [3.05, 3.63) is 41.6 Å². The van der Waals surface area contributed by atoms with Gasteiger partial charge in [-0.15, -0.1) is 4.99 Å². The van der Waals surface area contributed by atoms with Gasteiger partial charge in [0.1, 0.15) is 0 Å². The molecule has 0 amide bonds. The first-order valence-electron chi connectivity index (χ1n) is 5.34. The van der Waals surface area contributed by atoms with Gasteiger partial charge in [-0.1, -0.05) is 30.3 Å². The van der Waals surface area contributed by atoms with E-state index in [4.69, 9.17) is 9.93 Å². The molecule has 0 saturated carbocycles. The van der Waals surface area contributed by atoms with Gasteiger partial charge in [-0.3, -0.25) is 4.52 Å². The normalized spacial score (nSPS) is 9.94. The molecule has 0 radical (unpaired) electrons. The van der Waals surface area contributed by atoms with Crippen molar-refractivity contribution >= 4 is 11.9 Å². The molecule has 0 saturated heterocycles. The van der Waals surface area contributed by atoms with E-state index in [0.29, 0.717) is 5.88 Å². The average molecular weight is 229 g/mol. The Morgan fingerprint density at radius 1 is 1.41 bits per heavy atom. The second kappa shape index (κ2) is 5.18. The van der Waals surface area contributed by atoms with Gasteiger partial charge in [0.25, 0.3) is 5.69 Å². The minimum absolute atomic E-state index is 0.341. The molecule has 0 aliphatic heterocycles. The number of hydrogen-bond acceptors (Lipinski definition) is 4. The predicted octanol–water partition coefficient (Wildman–Crippen LogP) is 1.90. The number of nitrogens with zero attached hydrogens (tertiary/aromatic N) is 3. The van der Waals surface area contributed by atoms with Crippen LogP contribution in [0.3, 0.4) is 0 Å². The summed E-state index contributed by atoms with van der Waals surface area (Å²) in [5, 5.41) is 10.6. The van der Waals surface area contributed by atoms with E-state index in [-0.39, 0.29) is 0 Å². The molecule has 0 spiro atoms. The monoisotopic (exact) mass is 229 g/mol. The lowest BCUT2D eigenvalue weighted by Gasteiger charge is -1.94. The molecule has 5 nitrogen and oxygen atoms in total. The lowest BCUT2D eigenvalue weighted by molar-refractivity contribution is -0.766. The zero-order chi connectivity index (χ0) is 12.1. The van der Waals surface area contributed by atoms with Gasteiger partial charge in [0, 0.05) is 13.3 Å². The van der Waals surface area contributed by atoms with Gasteiger partial charge in [-0.2, -0.15) is 0 Å². The Bertz CT molecular complexity index is 541. The molecule has 5 heteroatoms. The number of aliphatic imine (C=N–C) groups is 1. The summed E-state index contributed by atoms with van der Waals surface area (Å²) in [6, 6.07) is 12.1. The Morgan fingerprint density at radius 2 is 2.18 bits per heavy atom. The Kier molecular flexibility index (Phi) is 3.43. The first-order chi connectivity index (χ1) is 8.31. The number of hydrogen-bond donors (Lipinski definition) is 1. The summed E-state index contributed by atoms with van der Waals surface area (Å²) in [5.74, 6) is 0.341. The van der Waals surface area contributed by atoms with Crippen molar-refractivity contribution < 1.29 is 9.20 Å². The molecule has 0 atom stereocenters. The second-order valence-corrected chi connectivity index (χ2v) is 3.65. The highest BCUT2D eigenvalue weighted by atomic mass is 16.5. The minimum Gasteiger partial charge on any atom is -0.279 e. The molecule has 0 unspecified atom stereocenters. The quantitative estimate of drug-likeness (QED) is 0.642. The summed E-state index contributed by atoms with van der Waals surface area (Å²) in [6.07, 6.45) is 0.882. The van der Waals surface area contributed by atoms with Crippen molar-refractivity contribution in [3.8, 4) is 0 Å². The van der Waals surface area contributed by atoms with Gasteiger partial charge in [-0.25, -0.2) is 5.41 Å². The van der Waals surface area contributed by atoms with Gasteiger partial charge in [0.2, 0.25) is 5.27 Å². The molecule has 0 fully saturated rings. The van der Waals surface area contributed by atoms with Gasteiger partial charge in [0.15, 0.2) is 6.54 Å². The molecule has 2 rings (SSSR count). The van der Waals surface area contributed by atoms with E-state index in [1.54, 1.807) is 4.68 Å². The van der Waals surface area contributed by atoms with E-state index in [0.717, 1.165) is 18.7 Å². The van der Waals surface area contributed by atoms with Crippen LogP contribution in [-0.2, 0) is 13.0 Å². The Balaban J connectivity index is 2.07. The molecule has 1 N–H and O–H groups in total. The van der Waals surface area contributed by atoms with Crippen LogP contribution in [0.5, 0.6) is 0 Å². The maximum atomic E-state index is 6.77. The van der Waals surface area contributed by atoms with E-state index >= 15 is 0 Å². The standard InChI is InChI=1S/C12H13N4O/c1-10-12(14-9-13)17-15-16(10)8-7-11-5-3-2-4-6-11/h2-6,13H,7-8H2,1H3/q+1. The fraction of sp³-hybridized carbons (Fsp3) is 0.250. The van der Waals surface area contributed by atoms with Crippen LogP contribution in [-0.4, -0.2) is 11.3 Å². The van der Waals surface area contributed by atoms with Crippen LogP contribution in [0, 0.1) is 12.3 Å². The summed E-state index contributed by atoms with van der Waals surface area (Å²) < 4.78 is 6.73. The van der Waals surface area contributed by atoms with E-state index in [1.807, 2.05) is 31.1 Å². The van der Waals surface area contributed by atoms with Crippen molar-refractivity contribution in [1.82, 2.24) is 5.27 Å². The first kappa shape index (κ1) is 11.2. The molecular formula is C12H13N4O+. The van der Waals surface area contributed by atoms with Gasteiger partial charge >= 0.3 is 5.88 Å². The summed E-state index contributed by atoms with van der Waals surface area (Å²) in [5.41, 5.74) is 2.06. The topological polar surface area (TPSA) is 66.1 Å². The molecule has 0 aliphatic carbocycles. The third kappa shape index (κ3) is 2.65. The molecule has 2 aromatic rings. The van der Waals surface area contributed by atoms with Crippen LogP contribution < -0.4 is 4.68 Å². The number of aromatic nitrogens is 2. The third-order valence-electron chi connectivity index (χ3n) is 2.54. The third-order valence-corrected chi connectivity index (χ3v) is 2.54. The number of benzene rings is 1. The highest BCUT2D eigenvalue weighted by Gasteiger charge is 2.18. The van der Waals surface area contributed by atoms with E-state index < -0.39 is 0 Å². The fourth-order valence-corrected chi connectivity index (χ4v) is 1.57. The SMILES string of the molecule is Cc1c(N=C=N)on[n+]1CCc1ccccc1. The zero-order valence-electron chi connectivity index (χ0n) is 9.55. The molecule has 86 valence electrons. The smallest absolute Gasteiger partial charge is 0.279 e. The van der Waals surface area contributed by atoms with Crippen molar-refractivity contribution in [2.45, 2.75) is 19.9 Å². The van der Waals surface area contributed by atoms with Crippen molar-refractivity contribution in [2.75, 3.05) is 0 Å². The summed E-state index contributed by atoms with van der Waals surface area (Å²) in [6.45, 7) is 2.59. The average Bonchev–Trinajstić information content (AvgIpc) is 2.70. The predicted molar refractivity (Wildman–Crippen MR) is 61.4 cm³/mol. The fourth-order valence-electron chi connectivity index (χ4n) is 1.57. The largest absolute Gasteiger partial charge is 0.333 e. The molecule has 1 aromatic carbocycles. The van der Waals surface area contributed by atoms with Gasteiger partial charge < -0.3 is 0 Å². The lowest BCUT2D eigenvalue weighted by atomic mass is 10.1. The highest BCUT2D eigenvalue weighted by Crippen LogP contribution is 2.11. The van der Waals surface area contributed by atoms with E-state index in [2.05, 4.69) is 22.4 Å². The second-order valence-electron chi connectivity index (χ2n) is 3.65. The zero-order valence-corrected chi connectivity index (χ0v) is 9.55. The van der Waals surface area contributed by atoms with Crippen LogP contribution in [0.25, 0.3) is 0 Å². The Morgan fingerprint density at radius 3 is 2.88 bits per heavy atom. The summed E-state index contributed by atoms with van der Waals surface area (Å²) in [4.78, 5) is 3.65. The summed E-state index contributed by atoms with van der Waals surface area (Å²) in [7, 11) is 0. The maximum absolute atomic E-state index is 6.77. The molecular weight excluding hydrogens is 216 g/mol. The molecule has 17 heavy (non-hydrogen) atoms. The van der Waals surface area contributed by atoms with Gasteiger partial charge in [0.05, 0.1) is 6.01 Å². The lowest BCUT2D eigenvalue weighted by Crippen LogP contribution is -2.39.